The van der Waals surface area contributed by atoms with Crippen molar-refractivity contribution in [3.63, 3.8) is 0 Å². The van der Waals surface area contributed by atoms with E-state index in [9.17, 15) is 14.0 Å². The van der Waals surface area contributed by atoms with E-state index in [1.165, 1.54) is 12.1 Å². The molecule has 0 radical (unpaired) electrons. The van der Waals surface area contributed by atoms with Crippen LogP contribution in [0.3, 0.4) is 0 Å². The minimum Gasteiger partial charge on any atom is -0.349 e. The molecule has 0 aliphatic carbocycles. The molecule has 1 amide bonds. The number of aldehydes is 1. The van der Waals surface area contributed by atoms with Gasteiger partial charge in [0.05, 0.1) is 10.0 Å². The molecule has 1 saturated heterocycles. The lowest BCUT2D eigenvalue weighted by Gasteiger charge is -2.14. The quantitative estimate of drug-likeness (QED) is 0.860. The van der Waals surface area contributed by atoms with Gasteiger partial charge in [-0.15, -0.1) is 0 Å². The molecule has 1 unspecified atom stereocenters. The molecule has 110 valence electrons. The SMILES string of the molecule is O=CC1CCN(C(=O)c2[nH]c3ccc(F)c(Cl)c3c2Cl)C1. The number of likely N-dealkylation sites (tertiary alicyclic amines) is 1. The Morgan fingerprint density at radius 3 is 2.81 bits per heavy atom. The zero-order valence-electron chi connectivity index (χ0n) is 10.8. The Morgan fingerprint density at radius 1 is 1.38 bits per heavy atom. The van der Waals surface area contributed by atoms with E-state index in [1.54, 1.807) is 4.90 Å². The van der Waals surface area contributed by atoms with E-state index in [0.29, 0.717) is 30.4 Å². The fraction of sp³-hybridized carbons (Fsp3) is 0.286. The summed E-state index contributed by atoms with van der Waals surface area (Å²) in [5.74, 6) is -1.04. The second kappa shape index (κ2) is 5.31. The van der Waals surface area contributed by atoms with Gasteiger partial charge in [-0.1, -0.05) is 23.2 Å². The molecule has 7 heteroatoms. The lowest BCUT2D eigenvalue weighted by molar-refractivity contribution is -0.110. The first-order chi connectivity index (χ1) is 10.0. The van der Waals surface area contributed by atoms with Crippen LogP contribution in [0.1, 0.15) is 16.9 Å². The highest BCUT2D eigenvalue weighted by molar-refractivity contribution is 6.44. The minimum absolute atomic E-state index is 0.106. The van der Waals surface area contributed by atoms with Gasteiger partial charge in [-0.3, -0.25) is 4.79 Å². The lowest BCUT2D eigenvalue weighted by Crippen LogP contribution is -2.29. The molecule has 1 atom stereocenters. The number of aromatic amines is 1. The standard InChI is InChI=1S/C14H11Cl2FN2O2/c15-11-8(17)1-2-9-10(11)12(16)13(18-9)14(21)19-4-3-7(5-19)6-20/h1-2,6-7,18H,3-5H2. The number of benzene rings is 1. The van der Waals surface area contributed by atoms with Gasteiger partial charge >= 0.3 is 0 Å². The lowest BCUT2D eigenvalue weighted by atomic mass is 10.1. The van der Waals surface area contributed by atoms with Crippen molar-refractivity contribution < 1.29 is 14.0 Å². The van der Waals surface area contributed by atoms with E-state index in [1.807, 2.05) is 0 Å². The number of halogens is 3. The van der Waals surface area contributed by atoms with Gasteiger partial charge in [0.25, 0.3) is 5.91 Å². The summed E-state index contributed by atoms with van der Waals surface area (Å²) in [7, 11) is 0. The van der Waals surface area contributed by atoms with Crippen LogP contribution in [-0.2, 0) is 4.79 Å². The van der Waals surface area contributed by atoms with Gasteiger partial charge in [0.15, 0.2) is 0 Å². The number of nitrogens with one attached hydrogen (secondary N) is 1. The Labute approximate surface area is 129 Å². The van der Waals surface area contributed by atoms with Crippen molar-refractivity contribution in [2.75, 3.05) is 13.1 Å². The molecule has 1 aromatic carbocycles. The highest BCUT2D eigenvalue weighted by Gasteiger charge is 2.29. The molecule has 21 heavy (non-hydrogen) atoms. The second-order valence-electron chi connectivity index (χ2n) is 5.03. The zero-order valence-corrected chi connectivity index (χ0v) is 12.3. The van der Waals surface area contributed by atoms with Crippen LogP contribution in [0.2, 0.25) is 10.0 Å². The number of amides is 1. The maximum Gasteiger partial charge on any atom is 0.271 e. The summed E-state index contributed by atoms with van der Waals surface area (Å²) in [5, 5.41) is 0.293. The second-order valence-corrected chi connectivity index (χ2v) is 5.79. The van der Waals surface area contributed by atoms with E-state index in [-0.39, 0.29) is 27.6 Å². The molecule has 0 spiro atoms. The largest absolute Gasteiger partial charge is 0.349 e. The average Bonchev–Trinajstić information content (AvgIpc) is 3.07. The first-order valence-corrected chi connectivity index (χ1v) is 7.18. The van der Waals surface area contributed by atoms with Crippen LogP contribution in [0, 0.1) is 11.7 Å². The van der Waals surface area contributed by atoms with Crippen LogP contribution in [0.5, 0.6) is 0 Å². The average molecular weight is 329 g/mol. The predicted octanol–water partition coefficient (Wildman–Crippen LogP) is 3.27. The molecule has 2 heterocycles. The van der Waals surface area contributed by atoms with E-state index in [0.717, 1.165) is 6.29 Å². The third kappa shape index (κ3) is 2.30. The van der Waals surface area contributed by atoms with Crippen LogP contribution < -0.4 is 0 Å². The van der Waals surface area contributed by atoms with Gasteiger partial charge < -0.3 is 14.7 Å². The summed E-state index contributed by atoms with van der Waals surface area (Å²) in [4.78, 5) is 27.7. The number of rotatable bonds is 2. The van der Waals surface area contributed by atoms with Crippen LogP contribution in [0.4, 0.5) is 4.39 Å². The number of hydrogen-bond acceptors (Lipinski definition) is 2. The van der Waals surface area contributed by atoms with E-state index in [2.05, 4.69) is 4.98 Å². The monoisotopic (exact) mass is 328 g/mol. The molecule has 1 N–H and O–H groups in total. The van der Waals surface area contributed by atoms with Gasteiger partial charge in [-0.25, -0.2) is 4.39 Å². The van der Waals surface area contributed by atoms with Crippen LogP contribution in [-0.4, -0.2) is 35.2 Å². The van der Waals surface area contributed by atoms with Crippen molar-refractivity contribution in [3.8, 4) is 0 Å². The summed E-state index contributed by atoms with van der Waals surface area (Å²) in [6, 6.07) is 2.70. The molecule has 4 nitrogen and oxygen atoms in total. The van der Waals surface area contributed by atoms with Crippen molar-refractivity contribution in [2.24, 2.45) is 5.92 Å². The number of aromatic nitrogens is 1. The first-order valence-electron chi connectivity index (χ1n) is 6.42. The van der Waals surface area contributed by atoms with Crippen molar-refractivity contribution in [1.29, 1.82) is 0 Å². The Bertz CT molecular complexity index is 744. The smallest absolute Gasteiger partial charge is 0.271 e. The zero-order chi connectivity index (χ0) is 15.1. The fourth-order valence-corrected chi connectivity index (χ4v) is 3.20. The highest BCUT2D eigenvalue weighted by atomic mass is 35.5. The molecule has 0 bridgehead atoms. The van der Waals surface area contributed by atoms with E-state index >= 15 is 0 Å². The molecular formula is C14H11Cl2FN2O2. The van der Waals surface area contributed by atoms with Gasteiger partial charge in [-0.05, 0) is 18.6 Å². The van der Waals surface area contributed by atoms with Gasteiger partial charge in [0.1, 0.15) is 17.8 Å². The summed E-state index contributed by atoms with van der Waals surface area (Å²) in [5.41, 5.74) is 0.673. The molecule has 1 aliphatic rings. The Kier molecular flexibility index (Phi) is 3.63. The Hall–Kier alpha value is -1.59. The van der Waals surface area contributed by atoms with Crippen molar-refractivity contribution in [2.45, 2.75) is 6.42 Å². The molecule has 2 aromatic rings. The maximum atomic E-state index is 13.5. The summed E-state index contributed by atoms with van der Waals surface area (Å²) >= 11 is 12.1. The molecule has 1 aromatic heterocycles. The Balaban J connectivity index is 2.01. The van der Waals surface area contributed by atoms with Crippen LogP contribution in [0.15, 0.2) is 12.1 Å². The van der Waals surface area contributed by atoms with Crippen molar-refractivity contribution in [3.05, 3.63) is 33.7 Å². The maximum absolute atomic E-state index is 13.5. The summed E-state index contributed by atoms with van der Waals surface area (Å²) in [6.45, 7) is 0.867. The predicted molar refractivity (Wildman–Crippen MR) is 78.4 cm³/mol. The normalized spacial score (nSPS) is 18.4. The third-order valence-corrected chi connectivity index (χ3v) is 4.46. The van der Waals surface area contributed by atoms with Gasteiger partial charge in [-0.2, -0.15) is 0 Å². The van der Waals surface area contributed by atoms with Crippen molar-refractivity contribution >= 4 is 46.3 Å². The highest BCUT2D eigenvalue weighted by Crippen LogP contribution is 2.35. The number of carbonyl (C=O) groups excluding carboxylic acids is 2. The molecular weight excluding hydrogens is 318 g/mol. The summed E-state index contributed by atoms with van der Waals surface area (Å²) < 4.78 is 13.5. The number of H-pyrrole nitrogens is 1. The van der Waals surface area contributed by atoms with E-state index < -0.39 is 5.82 Å². The van der Waals surface area contributed by atoms with Gasteiger partial charge in [0.2, 0.25) is 0 Å². The molecule has 0 saturated carbocycles. The number of hydrogen-bond donors (Lipinski definition) is 1. The number of fused-ring (bicyclic) bond motifs is 1. The van der Waals surface area contributed by atoms with E-state index in [4.69, 9.17) is 23.2 Å². The summed E-state index contributed by atoms with van der Waals surface area (Å²) in [6.07, 6.45) is 1.49. The molecule has 1 fully saturated rings. The van der Waals surface area contributed by atoms with Crippen LogP contribution in [0.25, 0.3) is 10.9 Å². The Morgan fingerprint density at radius 2 is 2.14 bits per heavy atom. The fourth-order valence-electron chi connectivity index (χ4n) is 2.57. The first kappa shape index (κ1) is 14.4. The van der Waals surface area contributed by atoms with Crippen LogP contribution >= 0.6 is 23.2 Å². The number of nitrogens with zero attached hydrogens (tertiary/aromatic N) is 1. The number of carbonyl (C=O) groups is 2. The topological polar surface area (TPSA) is 53.2 Å². The van der Waals surface area contributed by atoms with Crippen molar-refractivity contribution in [1.82, 2.24) is 9.88 Å². The minimum atomic E-state index is -0.591. The van der Waals surface area contributed by atoms with Gasteiger partial charge in [0, 0.05) is 29.9 Å². The molecule has 1 aliphatic heterocycles. The third-order valence-electron chi connectivity index (χ3n) is 3.71. The molecule has 3 rings (SSSR count).